The van der Waals surface area contributed by atoms with Gasteiger partial charge in [-0.05, 0) is 61.1 Å². The number of likely N-dealkylation sites (tertiary alicyclic amines) is 1. The van der Waals surface area contributed by atoms with E-state index in [9.17, 15) is 39.3 Å². The minimum absolute atomic E-state index is 0.0551. The highest BCUT2D eigenvalue weighted by Gasteiger charge is 2.61. The third-order valence-electron chi connectivity index (χ3n) is 8.02. The van der Waals surface area contributed by atoms with Crippen molar-refractivity contribution in [1.82, 2.24) is 10.2 Å². The Hall–Kier alpha value is -4.71. The van der Waals surface area contributed by atoms with Crippen LogP contribution in [0.5, 0.6) is 5.75 Å². The fourth-order valence-corrected chi connectivity index (χ4v) is 5.42. The highest BCUT2D eigenvalue weighted by molar-refractivity contribution is 6.04. The maximum atomic E-state index is 13.8. The Labute approximate surface area is 254 Å². The van der Waals surface area contributed by atoms with E-state index in [1.54, 1.807) is 11.9 Å². The molecule has 2 aliphatic heterocycles. The molecule has 0 aliphatic carbocycles. The molecule has 0 aromatic heterocycles. The highest BCUT2D eigenvalue weighted by Crippen LogP contribution is 2.44. The molecule has 0 radical (unpaired) electrons. The van der Waals surface area contributed by atoms with Crippen molar-refractivity contribution in [3.05, 3.63) is 65.2 Å². The summed E-state index contributed by atoms with van der Waals surface area (Å²) in [5.74, 6) is -5.00. The number of nitrogens with one attached hydrogen (secondary N) is 1. The number of ether oxygens (including phenoxy) is 1. The zero-order valence-corrected chi connectivity index (χ0v) is 25.2. The molecule has 3 atom stereocenters. The lowest BCUT2D eigenvalue weighted by molar-refractivity contribution is -0.180. The van der Waals surface area contributed by atoms with Gasteiger partial charge >= 0.3 is 17.5 Å². The van der Waals surface area contributed by atoms with Gasteiger partial charge in [-0.3, -0.25) is 14.4 Å². The van der Waals surface area contributed by atoms with Crippen molar-refractivity contribution in [3.8, 4) is 5.75 Å². The third-order valence-corrected chi connectivity index (χ3v) is 8.02. The number of aliphatic carboxylic acids is 2. The lowest BCUT2D eigenvalue weighted by atomic mass is 9.85. The zero-order chi connectivity index (χ0) is 32.6. The van der Waals surface area contributed by atoms with Gasteiger partial charge in [-0.15, -0.1) is 0 Å². The third kappa shape index (κ3) is 6.02. The number of hydrogen-bond donors (Lipinski definition) is 4. The first-order valence-electron chi connectivity index (χ1n) is 14.2. The number of carbonyl (C=O) groups excluding carboxylic acids is 3. The van der Waals surface area contributed by atoms with Crippen molar-refractivity contribution < 1.29 is 44.0 Å². The van der Waals surface area contributed by atoms with Crippen LogP contribution in [0.2, 0.25) is 0 Å². The Balaban J connectivity index is 1.49. The average Bonchev–Trinajstić information content (AvgIpc) is 3.57. The van der Waals surface area contributed by atoms with Crippen LogP contribution in [-0.2, 0) is 24.0 Å². The normalized spacial score (nSPS) is 19.6. The van der Waals surface area contributed by atoms with E-state index in [1.807, 2.05) is 52.0 Å². The Kier molecular flexibility index (Phi) is 8.87. The van der Waals surface area contributed by atoms with Gasteiger partial charge in [0.25, 0.3) is 0 Å². The van der Waals surface area contributed by atoms with Crippen LogP contribution in [-0.4, -0.2) is 81.2 Å². The number of carboxylic acids is 2. The first-order chi connectivity index (χ1) is 20.6. The van der Waals surface area contributed by atoms with Crippen molar-refractivity contribution in [3.63, 3.8) is 0 Å². The minimum Gasteiger partial charge on any atom is -0.478 e. The predicted molar refractivity (Wildman–Crippen MR) is 160 cm³/mol. The molecule has 234 valence electrons. The smallest absolute Gasteiger partial charge is 0.363 e. The van der Waals surface area contributed by atoms with Crippen LogP contribution in [0.1, 0.15) is 56.4 Å². The number of benzene rings is 2. The van der Waals surface area contributed by atoms with Crippen LogP contribution in [0.25, 0.3) is 6.08 Å². The second-order valence-corrected chi connectivity index (χ2v) is 12.2. The van der Waals surface area contributed by atoms with Crippen LogP contribution in [0.3, 0.4) is 0 Å². The van der Waals surface area contributed by atoms with Gasteiger partial charge in [-0.2, -0.15) is 0 Å². The largest absolute Gasteiger partial charge is 0.478 e. The molecule has 1 fully saturated rings. The van der Waals surface area contributed by atoms with Gasteiger partial charge in [0, 0.05) is 30.9 Å². The van der Waals surface area contributed by atoms with E-state index in [4.69, 9.17) is 4.74 Å². The molecule has 12 nitrogen and oxygen atoms in total. The Morgan fingerprint density at radius 3 is 2.30 bits per heavy atom. The average molecular weight is 608 g/mol. The van der Waals surface area contributed by atoms with E-state index in [-0.39, 0.29) is 23.1 Å². The highest BCUT2D eigenvalue weighted by atomic mass is 16.6. The summed E-state index contributed by atoms with van der Waals surface area (Å²) in [6.07, 6.45) is 1.72. The lowest BCUT2D eigenvalue weighted by Gasteiger charge is -2.36. The summed E-state index contributed by atoms with van der Waals surface area (Å²) in [6, 6.07) is 9.99. The van der Waals surface area contributed by atoms with Crippen molar-refractivity contribution in [2.75, 3.05) is 18.5 Å². The van der Waals surface area contributed by atoms with Crippen LogP contribution in [0, 0.1) is 12.3 Å². The first-order valence-corrected chi connectivity index (χ1v) is 14.2. The molecule has 4 rings (SSSR count). The summed E-state index contributed by atoms with van der Waals surface area (Å²) in [6.45, 7) is 7.76. The number of anilines is 1. The first kappa shape index (κ1) is 32.2. The number of nitrogens with zero attached hydrogens (tertiary/aromatic N) is 2. The number of aliphatic hydroxyl groups excluding tert-OH is 1. The van der Waals surface area contributed by atoms with Crippen LogP contribution >= 0.6 is 0 Å². The molecule has 4 N–H and O–H groups in total. The molecule has 2 aliphatic rings. The van der Waals surface area contributed by atoms with Crippen molar-refractivity contribution >= 4 is 41.4 Å². The number of rotatable bonds is 8. The quantitative estimate of drug-likeness (QED) is 0.260. The fraction of sp³-hybridized carbons (Fsp3) is 0.406. The molecule has 1 unspecified atom stereocenters. The standard InChI is InChI=1S/C32H37N3O9/c1-18-8-12-20(13-9-18)34(5)27(38)22-7-6-16-35(22)28(39)25(31(2,3)4)33-24(36)15-11-19-10-14-23-21(17-19)26(37)32(44-23,29(40)41)30(42)43/h8-15,17,22,25-26,37H,6-7,16H2,1-5H3,(H,33,36)(H,40,41)(H,42,43)/t22-,25+,26?/m0/s1. The fourth-order valence-electron chi connectivity index (χ4n) is 5.42. The molecule has 2 aromatic rings. The predicted octanol–water partition coefficient (Wildman–Crippen LogP) is 2.53. The van der Waals surface area contributed by atoms with E-state index in [0.29, 0.717) is 30.6 Å². The van der Waals surface area contributed by atoms with Crippen molar-refractivity contribution in [2.45, 2.75) is 64.3 Å². The summed E-state index contributed by atoms with van der Waals surface area (Å²) in [4.78, 5) is 66.7. The molecule has 0 bridgehead atoms. The van der Waals surface area contributed by atoms with Gasteiger partial charge < -0.3 is 35.2 Å². The summed E-state index contributed by atoms with van der Waals surface area (Å²) in [5.41, 5.74) is -1.51. The SMILES string of the molecule is Cc1ccc(N(C)C(=O)[C@@H]2CCCN2C(=O)[C@@H](NC(=O)C=Cc2ccc3c(c2)C(O)C(C(=O)O)(C(=O)O)O3)C(C)(C)C)cc1. The van der Waals surface area contributed by atoms with E-state index in [1.165, 1.54) is 35.3 Å². The maximum Gasteiger partial charge on any atom is 0.363 e. The Morgan fingerprint density at radius 1 is 1.07 bits per heavy atom. The van der Waals surface area contributed by atoms with E-state index in [0.717, 1.165) is 5.56 Å². The summed E-state index contributed by atoms with van der Waals surface area (Å²) in [7, 11) is 1.68. The number of hydrogen-bond acceptors (Lipinski definition) is 7. The Morgan fingerprint density at radius 2 is 1.70 bits per heavy atom. The van der Waals surface area contributed by atoms with Crippen molar-refractivity contribution in [2.24, 2.45) is 5.41 Å². The number of amides is 3. The minimum atomic E-state index is -2.88. The number of carboxylic acid groups (broad SMARTS) is 2. The molecule has 2 aromatic carbocycles. The monoisotopic (exact) mass is 607 g/mol. The van der Waals surface area contributed by atoms with Gasteiger partial charge in [-0.25, -0.2) is 9.59 Å². The van der Waals surface area contributed by atoms with Crippen LogP contribution in [0.4, 0.5) is 5.69 Å². The van der Waals surface area contributed by atoms with E-state index >= 15 is 0 Å². The number of likely N-dealkylation sites (N-methyl/N-ethyl adjacent to an activating group) is 1. The van der Waals surface area contributed by atoms with Crippen LogP contribution in [0.15, 0.2) is 48.5 Å². The van der Waals surface area contributed by atoms with Crippen molar-refractivity contribution in [1.29, 1.82) is 0 Å². The van der Waals surface area contributed by atoms with E-state index < -0.39 is 47.0 Å². The van der Waals surface area contributed by atoms with Gasteiger partial charge in [0.15, 0.2) is 0 Å². The molecular formula is C32H37N3O9. The molecule has 1 saturated heterocycles. The summed E-state index contributed by atoms with van der Waals surface area (Å²) >= 11 is 0. The van der Waals surface area contributed by atoms with Gasteiger partial charge in [-0.1, -0.05) is 44.5 Å². The van der Waals surface area contributed by atoms with E-state index in [2.05, 4.69) is 5.32 Å². The molecule has 3 amide bonds. The molecule has 0 saturated carbocycles. The van der Waals surface area contributed by atoms with Gasteiger partial charge in [0.1, 0.15) is 23.9 Å². The number of aliphatic hydroxyl groups is 1. The van der Waals surface area contributed by atoms with Crippen LogP contribution < -0.4 is 15.0 Å². The lowest BCUT2D eigenvalue weighted by Crippen LogP contribution is -2.57. The topological polar surface area (TPSA) is 174 Å². The molecule has 2 heterocycles. The Bertz CT molecular complexity index is 1500. The summed E-state index contributed by atoms with van der Waals surface area (Å²) < 4.78 is 5.12. The molecule has 44 heavy (non-hydrogen) atoms. The molecular weight excluding hydrogens is 570 g/mol. The number of carbonyl (C=O) groups is 5. The number of fused-ring (bicyclic) bond motifs is 1. The zero-order valence-electron chi connectivity index (χ0n) is 25.2. The number of aryl methyl sites for hydroxylation is 1. The second-order valence-electron chi connectivity index (χ2n) is 12.2. The van der Waals surface area contributed by atoms with Gasteiger partial charge in [0.2, 0.25) is 17.7 Å². The molecule has 0 spiro atoms. The summed E-state index contributed by atoms with van der Waals surface area (Å²) in [5, 5.41) is 32.2. The maximum absolute atomic E-state index is 13.8. The van der Waals surface area contributed by atoms with Gasteiger partial charge in [0.05, 0.1) is 0 Å². The molecule has 12 heteroatoms. The second kappa shape index (κ2) is 12.1.